The number of nitrogen functional groups attached to an aromatic ring is 1. The van der Waals surface area contributed by atoms with E-state index in [4.69, 9.17) is 5.73 Å². The first-order valence-corrected chi connectivity index (χ1v) is 6.30. The minimum Gasteiger partial charge on any atom is -0.375 e. The van der Waals surface area contributed by atoms with Crippen molar-refractivity contribution in [3.8, 4) is 10.4 Å². The molecule has 78 valence electrons. The Morgan fingerprint density at radius 3 is 2.87 bits per heavy atom. The van der Waals surface area contributed by atoms with E-state index in [0.29, 0.717) is 10.7 Å². The van der Waals surface area contributed by atoms with E-state index >= 15 is 0 Å². The molecule has 5 heteroatoms. The summed E-state index contributed by atoms with van der Waals surface area (Å²) in [5.41, 5.74) is 6.08. The molecule has 15 heavy (non-hydrogen) atoms. The zero-order valence-corrected chi connectivity index (χ0v) is 9.66. The van der Waals surface area contributed by atoms with E-state index in [1.54, 1.807) is 24.0 Å². The highest BCUT2D eigenvalue weighted by Crippen LogP contribution is 2.31. The molecule has 0 bridgehead atoms. The fourth-order valence-corrected chi connectivity index (χ4v) is 2.37. The second-order valence-corrected chi connectivity index (χ2v) is 4.85. The number of benzene rings is 1. The third-order valence-corrected chi connectivity index (χ3v) is 3.55. The molecule has 1 heterocycles. The summed E-state index contributed by atoms with van der Waals surface area (Å²) >= 11 is 2.87. The Bertz CT molecular complexity index is 482. The highest BCUT2D eigenvalue weighted by molar-refractivity contribution is 7.98. The third-order valence-electron chi connectivity index (χ3n) is 1.96. The van der Waals surface area contributed by atoms with Gasteiger partial charge in [-0.05, 0) is 24.5 Å². The molecular weight excluding hydrogens is 231 g/mol. The number of thioether (sulfide) groups is 1. The van der Waals surface area contributed by atoms with Crippen LogP contribution in [-0.4, -0.2) is 11.2 Å². The summed E-state index contributed by atoms with van der Waals surface area (Å²) in [7, 11) is 0. The second-order valence-electron chi connectivity index (χ2n) is 2.91. The average molecular weight is 240 g/mol. The highest BCUT2D eigenvalue weighted by Gasteiger charge is 2.08. The topological polar surface area (TPSA) is 38.9 Å². The van der Waals surface area contributed by atoms with Crippen LogP contribution in [0.25, 0.3) is 10.4 Å². The van der Waals surface area contributed by atoms with Gasteiger partial charge < -0.3 is 5.73 Å². The van der Waals surface area contributed by atoms with Gasteiger partial charge in [0.2, 0.25) is 0 Å². The fraction of sp³-hybridized carbons (Fsp3) is 0.100. The molecule has 2 nitrogen and oxygen atoms in total. The first-order chi connectivity index (χ1) is 7.20. The van der Waals surface area contributed by atoms with E-state index in [-0.39, 0.29) is 5.82 Å². The number of anilines is 1. The largest absolute Gasteiger partial charge is 0.375 e. The minimum absolute atomic E-state index is 0.239. The van der Waals surface area contributed by atoms with Gasteiger partial charge in [0.25, 0.3) is 0 Å². The quantitative estimate of drug-likeness (QED) is 0.819. The predicted octanol–water partition coefficient (Wildman–Crippen LogP) is 3.25. The standard InChI is InChI=1S/C10H9FN2S2/c1-14-6-2-3-8(11)7(4-6)9-5-13-10(12)15-9/h2-5H,1H3,(H2,12,13). The lowest BCUT2D eigenvalue weighted by Crippen LogP contribution is -1.82. The summed E-state index contributed by atoms with van der Waals surface area (Å²) in [5.74, 6) is -0.239. The van der Waals surface area contributed by atoms with E-state index in [1.807, 2.05) is 12.3 Å². The van der Waals surface area contributed by atoms with Gasteiger partial charge in [0.05, 0.1) is 4.88 Å². The molecule has 0 amide bonds. The lowest BCUT2D eigenvalue weighted by molar-refractivity contribution is 0.630. The summed E-state index contributed by atoms with van der Waals surface area (Å²) < 4.78 is 13.5. The summed E-state index contributed by atoms with van der Waals surface area (Å²) in [6.07, 6.45) is 3.56. The monoisotopic (exact) mass is 240 g/mol. The Morgan fingerprint density at radius 1 is 1.47 bits per heavy atom. The van der Waals surface area contributed by atoms with Crippen molar-refractivity contribution in [1.82, 2.24) is 4.98 Å². The smallest absolute Gasteiger partial charge is 0.180 e. The van der Waals surface area contributed by atoms with E-state index in [0.717, 1.165) is 9.77 Å². The van der Waals surface area contributed by atoms with Crippen LogP contribution >= 0.6 is 23.1 Å². The SMILES string of the molecule is CSc1ccc(F)c(-c2cnc(N)s2)c1. The zero-order chi connectivity index (χ0) is 10.8. The van der Waals surface area contributed by atoms with Gasteiger partial charge in [-0.2, -0.15) is 0 Å². The van der Waals surface area contributed by atoms with Crippen molar-refractivity contribution < 1.29 is 4.39 Å². The molecule has 0 unspecified atom stereocenters. The minimum atomic E-state index is -0.239. The molecule has 0 saturated heterocycles. The molecule has 2 aromatic rings. The third kappa shape index (κ3) is 2.13. The number of hydrogen-bond donors (Lipinski definition) is 1. The molecule has 0 saturated carbocycles. The first-order valence-electron chi connectivity index (χ1n) is 4.26. The molecule has 0 aliphatic carbocycles. The number of rotatable bonds is 2. The Hall–Kier alpha value is -1.07. The second kappa shape index (κ2) is 4.20. The van der Waals surface area contributed by atoms with Crippen molar-refractivity contribution in [2.45, 2.75) is 4.90 Å². The molecular formula is C10H9FN2S2. The lowest BCUT2D eigenvalue weighted by Gasteiger charge is -2.01. The number of halogens is 1. The van der Waals surface area contributed by atoms with E-state index < -0.39 is 0 Å². The molecule has 0 atom stereocenters. The number of nitrogens with zero attached hydrogens (tertiary/aromatic N) is 1. The zero-order valence-electron chi connectivity index (χ0n) is 8.03. The molecule has 0 aliphatic heterocycles. The van der Waals surface area contributed by atoms with Crippen LogP contribution < -0.4 is 5.73 Å². The van der Waals surface area contributed by atoms with Gasteiger partial charge in [-0.25, -0.2) is 9.37 Å². The van der Waals surface area contributed by atoms with Crippen molar-refractivity contribution in [2.75, 3.05) is 12.0 Å². The molecule has 2 rings (SSSR count). The van der Waals surface area contributed by atoms with Crippen LogP contribution in [0.2, 0.25) is 0 Å². The van der Waals surface area contributed by atoms with Gasteiger partial charge in [-0.3, -0.25) is 0 Å². The van der Waals surface area contributed by atoms with E-state index in [9.17, 15) is 4.39 Å². The maximum Gasteiger partial charge on any atom is 0.180 e. The van der Waals surface area contributed by atoms with Gasteiger partial charge in [0, 0.05) is 16.7 Å². The summed E-state index contributed by atoms with van der Waals surface area (Å²) in [6, 6.07) is 5.04. The summed E-state index contributed by atoms with van der Waals surface area (Å²) in [5, 5.41) is 0.457. The number of nitrogens with two attached hydrogens (primary N) is 1. The van der Waals surface area contributed by atoms with Crippen LogP contribution in [0.15, 0.2) is 29.3 Å². The normalized spacial score (nSPS) is 10.5. The van der Waals surface area contributed by atoms with E-state index in [1.165, 1.54) is 17.4 Å². The highest BCUT2D eigenvalue weighted by atomic mass is 32.2. The van der Waals surface area contributed by atoms with Crippen molar-refractivity contribution in [3.05, 3.63) is 30.2 Å². The molecule has 1 aromatic heterocycles. The van der Waals surface area contributed by atoms with Gasteiger partial charge in [0.1, 0.15) is 5.82 Å². The molecule has 0 radical (unpaired) electrons. The van der Waals surface area contributed by atoms with Crippen molar-refractivity contribution in [3.63, 3.8) is 0 Å². The first kappa shape index (κ1) is 10.4. The van der Waals surface area contributed by atoms with Crippen molar-refractivity contribution in [2.24, 2.45) is 0 Å². The van der Waals surface area contributed by atoms with Crippen molar-refractivity contribution >= 4 is 28.2 Å². The Balaban J connectivity index is 2.51. The lowest BCUT2D eigenvalue weighted by atomic mass is 10.2. The van der Waals surface area contributed by atoms with Crippen LogP contribution in [0.3, 0.4) is 0 Å². The van der Waals surface area contributed by atoms with Gasteiger partial charge in [-0.1, -0.05) is 11.3 Å². The van der Waals surface area contributed by atoms with Gasteiger partial charge in [-0.15, -0.1) is 11.8 Å². The van der Waals surface area contributed by atoms with Crippen LogP contribution in [0.4, 0.5) is 9.52 Å². The maximum atomic E-state index is 13.5. The maximum absolute atomic E-state index is 13.5. The number of hydrogen-bond acceptors (Lipinski definition) is 4. The Labute approximate surface area is 95.3 Å². The number of aromatic nitrogens is 1. The molecule has 0 fully saturated rings. The van der Waals surface area contributed by atoms with E-state index in [2.05, 4.69) is 4.98 Å². The van der Waals surface area contributed by atoms with Gasteiger partial charge in [0.15, 0.2) is 5.13 Å². The average Bonchev–Trinajstić information content (AvgIpc) is 2.65. The van der Waals surface area contributed by atoms with Crippen LogP contribution in [0.1, 0.15) is 0 Å². The molecule has 1 aromatic carbocycles. The van der Waals surface area contributed by atoms with Crippen molar-refractivity contribution in [1.29, 1.82) is 0 Å². The van der Waals surface area contributed by atoms with Crippen LogP contribution in [0, 0.1) is 5.82 Å². The molecule has 0 spiro atoms. The summed E-state index contributed by atoms with van der Waals surface area (Å²) in [6.45, 7) is 0. The van der Waals surface area contributed by atoms with Gasteiger partial charge >= 0.3 is 0 Å². The fourth-order valence-electron chi connectivity index (χ4n) is 1.23. The molecule has 2 N–H and O–H groups in total. The summed E-state index contributed by atoms with van der Waals surface area (Å²) in [4.78, 5) is 5.70. The Kier molecular flexibility index (Phi) is 2.93. The van der Waals surface area contributed by atoms with Crippen LogP contribution in [-0.2, 0) is 0 Å². The predicted molar refractivity (Wildman–Crippen MR) is 63.7 cm³/mol. The molecule has 0 aliphatic rings. The Morgan fingerprint density at radius 2 is 2.27 bits per heavy atom. The number of thiazole rings is 1. The van der Waals surface area contributed by atoms with Crippen LogP contribution in [0.5, 0.6) is 0 Å².